The van der Waals surface area contributed by atoms with Crippen LogP contribution in [0.15, 0.2) is 36.4 Å². The van der Waals surface area contributed by atoms with Crippen molar-refractivity contribution in [3.05, 3.63) is 64.7 Å². The van der Waals surface area contributed by atoms with Crippen molar-refractivity contribution in [2.75, 3.05) is 18.4 Å². The Hall–Kier alpha value is -2.96. The summed E-state index contributed by atoms with van der Waals surface area (Å²) in [6.07, 6.45) is 0.923. The number of halogens is 2. The number of carbonyl (C=O) groups is 2. The topological polar surface area (TPSA) is 61.4 Å². The number of hydrogen-bond donors (Lipinski definition) is 2. The second-order valence-corrected chi connectivity index (χ2v) is 9.09. The maximum atomic E-state index is 13.6. The fourth-order valence-electron chi connectivity index (χ4n) is 4.05. The largest absolute Gasteiger partial charge is 0.362 e. The molecular formula is C23H25F2N3O2. The van der Waals surface area contributed by atoms with Gasteiger partial charge in [0.25, 0.3) is 11.8 Å². The average Bonchev–Trinajstić information content (AvgIpc) is 2.69. The molecule has 0 unspecified atom stereocenters. The van der Waals surface area contributed by atoms with Crippen molar-refractivity contribution in [3.63, 3.8) is 0 Å². The summed E-state index contributed by atoms with van der Waals surface area (Å²) in [4.78, 5) is 27.1. The van der Waals surface area contributed by atoms with Crippen LogP contribution in [0.5, 0.6) is 0 Å². The van der Waals surface area contributed by atoms with Gasteiger partial charge in [-0.05, 0) is 29.2 Å². The SMILES string of the molecule is CC(C)(C)c1ccc(C(=O)N2CCC3(CC2)NC(=O)c2cc(F)c(F)cc2N3)cc1. The lowest BCUT2D eigenvalue weighted by atomic mass is 9.86. The van der Waals surface area contributed by atoms with Crippen LogP contribution in [0.1, 0.15) is 59.9 Å². The van der Waals surface area contributed by atoms with Gasteiger partial charge < -0.3 is 15.5 Å². The second-order valence-electron chi connectivity index (χ2n) is 9.09. The molecule has 0 bridgehead atoms. The highest BCUT2D eigenvalue weighted by molar-refractivity contribution is 6.02. The van der Waals surface area contributed by atoms with Crippen LogP contribution in [-0.4, -0.2) is 35.5 Å². The molecule has 2 aliphatic rings. The Bertz CT molecular complexity index is 1000. The van der Waals surface area contributed by atoms with Crippen LogP contribution < -0.4 is 10.6 Å². The quantitative estimate of drug-likeness (QED) is 0.742. The molecule has 1 saturated heterocycles. The first-order chi connectivity index (χ1) is 14.1. The zero-order valence-corrected chi connectivity index (χ0v) is 17.3. The minimum absolute atomic E-state index is 0.0165. The van der Waals surface area contributed by atoms with Crippen LogP contribution in [0.3, 0.4) is 0 Å². The first-order valence-corrected chi connectivity index (χ1v) is 10.1. The number of fused-ring (bicyclic) bond motifs is 1. The number of benzene rings is 2. The molecule has 7 heteroatoms. The molecule has 0 atom stereocenters. The van der Waals surface area contributed by atoms with E-state index in [2.05, 4.69) is 31.4 Å². The molecule has 158 valence electrons. The fraction of sp³-hybridized carbons (Fsp3) is 0.391. The van der Waals surface area contributed by atoms with Crippen molar-refractivity contribution in [1.82, 2.24) is 10.2 Å². The summed E-state index contributed by atoms with van der Waals surface area (Å²) < 4.78 is 27.1. The first kappa shape index (κ1) is 20.3. The Morgan fingerprint density at radius 3 is 2.20 bits per heavy atom. The number of amides is 2. The first-order valence-electron chi connectivity index (χ1n) is 10.1. The van der Waals surface area contributed by atoms with Crippen molar-refractivity contribution in [2.45, 2.75) is 44.7 Å². The van der Waals surface area contributed by atoms with Gasteiger partial charge in [0.1, 0.15) is 5.66 Å². The van der Waals surface area contributed by atoms with Crippen molar-refractivity contribution in [2.24, 2.45) is 0 Å². The average molecular weight is 413 g/mol. The molecule has 2 aliphatic heterocycles. The van der Waals surface area contributed by atoms with Gasteiger partial charge in [0, 0.05) is 37.6 Å². The highest BCUT2D eigenvalue weighted by Gasteiger charge is 2.41. The minimum Gasteiger partial charge on any atom is -0.362 e. The van der Waals surface area contributed by atoms with Gasteiger partial charge in [-0.1, -0.05) is 32.9 Å². The van der Waals surface area contributed by atoms with Crippen LogP contribution in [0.4, 0.5) is 14.5 Å². The highest BCUT2D eigenvalue weighted by Crippen LogP contribution is 2.33. The van der Waals surface area contributed by atoms with Crippen molar-refractivity contribution < 1.29 is 18.4 Å². The molecule has 2 heterocycles. The summed E-state index contributed by atoms with van der Waals surface area (Å²) in [5.74, 6) is -2.56. The number of anilines is 1. The molecule has 4 rings (SSSR count). The smallest absolute Gasteiger partial charge is 0.255 e. The molecule has 1 spiro atoms. The molecule has 30 heavy (non-hydrogen) atoms. The minimum atomic E-state index is -1.06. The van der Waals surface area contributed by atoms with Gasteiger partial charge in [0.15, 0.2) is 11.6 Å². The molecule has 2 aromatic carbocycles. The standard InChI is InChI=1S/C23H25F2N3O2/c1-22(2,3)15-6-4-14(5-7-15)21(30)28-10-8-23(9-11-28)26-19-13-18(25)17(24)12-16(19)20(29)27-23/h4-7,12-13,26H,8-11H2,1-3H3,(H,27,29). The van der Waals surface area contributed by atoms with Gasteiger partial charge in [0.2, 0.25) is 0 Å². The molecule has 2 N–H and O–H groups in total. The zero-order valence-electron chi connectivity index (χ0n) is 17.3. The predicted molar refractivity (Wildman–Crippen MR) is 110 cm³/mol. The summed E-state index contributed by atoms with van der Waals surface area (Å²) in [7, 11) is 0. The number of rotatable bonds is 1. The van der Waals surface area contributed by atoms with Crippen LogP contribution >= 0.6 is 0 Å². The fourth-order valence-corrected chi connectivity index (χ4v) is 4.05. The van der Waals surface area contributed by atoms with Gasteiger partial charge in [0.05, 0.1) is 11.3 Å². The number of likely N-dealkylation sites (tertiary alicyclic amines) is 1. The third-order valence-electron chi connectivity index (χ3n) is 5.93. The summed E-state index contributed by atoms with van der Waals surface area (Å²) in [6, 6.07) is 9.57. The Balaban J connectivity index is 1.46. The predicted octanol–water partition coefficient (Wildman–Crippen LogP) is 4.05. The van der Waals surface area contributed by atoms with E-state index in [4.69, 9.17) is 0 Å². The third kappa shape index (κ3) is 3.64. The van der Waals surface area contributed by atoms with E-state index >= 15 is 0 Å². The lowest BCUT2D eigenvalue weighted by molar-refractivity contribution is 0.0639. The molecule has 0 saturated carbocycles. The Kier molecular flexibility index (Phi) is 4.79. The van der Waals surface area contributed by atoms with E-state index in [0.717, 1.165) is 17.7 Å². The maximum Gasteiger partial charge on any atom is 0.255 e. The van der Waals surface area contributed by atoms with E-state index in [1.54, 1.807) is 4.90 Å². The summed E-state index contributed by atoms with van der Waals surface area (Å²) in [5.41, 5.74) is 1.38. The monoisotopic (exact) mass is 413 g/mol. The molecule has 5 nitrogen and oxygen atoms in total. The van der Waals surface area contributed by atoms with Crippen LogP contribution in [0.2, 0.25) is 0 Å². The van der Waals surface area contributed by atoms with Crippen LogP contribution in [-0.2, 0) is 5.41 Å². The van der Waals surface area contributed by atoms with Crippen molar-refractivity contribution >= 4 is 17.5 Å². The summed E-state index contributed by atoms with van der Waals surface area (Å²) in [6.45, 7) is 7.24. The van der Waals surface area contributed by atoms with Crippen molar-refractivity contribution in [3.8, 4) is 0 Å². The summed E-state index contributed by atoms with van der Waals surface area (Å²) in [5, 5.41) is 6.04. The molecule has 0 radical (unpaired) electrons. The number of carbonyl (C=O) groups excluding carboxylic acids is 2. The van der Waals surface area contributed by atoms with Crippen LogP contribution in [0.25, 0.3) is 0 Å². The Morgan fingerprint density at radius 2 is 1.60 bits per heavy atom. The van der Waals surface area contributed by atoms with Gasteiger partial charge in [-0.2, -0.15) is 0 Å². The lowest BCUT2D eigenvalue weighted by Crippen LogP contribution is -2.62. The number of hydrogen-bond acceptors (Lipinski definition) is 3. The lowest BCUT2D eigenvalue weighted by Gasteiger charge is -2.45. The Labute approximate surface area is 174 Å². The normalized spacial score (nSPS) is 17.9. The number of nitrogens with one attached hydrogen (secondary N) is 2. The van der Waals surface area contributed by atoms with E-state index in [9.17, 15) is 18.4 Å². The van der Waals surface area contributed by atoms with E-state index in [1.807, 2.05) is 24.3 Å². The highest BCUT2D eigenvalue weighted by atomic mass is 19.2. The van der Waals surface area contributed by atoms with Gasteiger partial charge in [-0.3, -0.25) is 9.59 Å². The Morgan fingerprint density at radius 1 is 1.00 bits per heavy atom. The summed E-state index contributed by atoms with van der Waals surface area (Å²) >= 11 is 0. The van der Waals surface area contributed by atoms with E-state index in [-0.39, 0.29) is 22.6 Å². The third-order valence-corrected chi connectivity index (χ3v) is 5.93. The van der Waals surface area contributed by atoms with Crippen molar-refractivity contribution in [1.29, 1.82) is 0 Å². The van der Waals surface area contributed by atoms with E-state index < -0.39 is 23.2 Å². The zero-order chi connectivity index (χ0) is 21.7. The molecule has 0 aliphatic carbocycles. The molecule has 2 amide bonds. The van der Waals surface area contributed by atoms with Gasteiger partial charge in [-0.15, -0.1) is 0 Å². The molecule has 2 aromatic rings. The van der Waals surface area contributed by atoms with Gasteiger partial charge in [-0.25, -0.2) is 8.78 Å². The molecule has 0 aromatic heterocycles. The number of piperidine rings is 1. The van der Waals surface area contributed by atoms with E-state index in [1.165, 1.54) is 0 Å². The van der Waals surface area contributed by atoms with Gasteiger partial charge >= 0.3 is 0 Å². The maximum absolute atomic E-state index is 13.6. The van der Waals surface area contributed by atoms with Crippen LogP contribution in [0, 0.1) is 11.6 Å². The van der Waals surface area contributed by atoms with E-state index in [0.29, 0.717) is 31.5 Å². The second kappa shape index (κ2) is 7.07. The molecular weight excluding hydrogens is 388 g/mol. The number of nitrogens with zero attached hydrogens (tertiary/aromatic N) is 1. The molecule has 1 fully saturated rings.